The van der Waals surface area contributed by atoms with E-state index in [0.717, 1.165) is 12.0 Å². The highest BCUT2D eigenvalue weighted by atomic mass is 16.8. The highest BCUT2D eigenvalue weighted by Crippen LogP contribution is 2.42. The predicted octanol–water partition coefficient (Wildman–Crippen LogP) is 9.90. The van der Waals surface area contributed by atoms with Gasteiger partial charge in [-0.2, -0.15) is 0 Å². The summed E-state index contributed by atoms with van der Waals surface area (Å²) >= 11 is 0. The lowest BCUT2D eigenvalue weighted by Crippen LogP contribution is -2.63. The van der Waals surface area contributed by atoms with Crippen LogP contribution in [0.15, 0.2) is 152 Å². The van der Waals surface area contributed by atoms with Gasteiger partial charge in [-0.15, -0.1) is 0 Å². The summed E-state index contributed by atoms with van der Waals surface area (Å²) in [6, 6.07) is 44.1. The summed E-state index contributed by atoms with van der Waals surface area (Å²) in [5.41, 5.74) is 2.22. The van der Waals surface area contributed by atoms with Crippen LogP contribution in [0.4, 0.5) is 0 Å². The zero-order valence-corrected chi connectivity index (χ0v) is 42.1. The van der Waals surface area contributed by atoms with Crippen molar-refractivity contribution >= 4 is 23.9 Å². The zero-order chi connectivity index (χ0) is 51.4. The second-order valence-electron chi connectivity index (χ2n) is 19.2. The van der Waals surface area contributed by atoms with Crippen molar-refractivity contribution in [3.8, 4) is 0 Å². The van der Waals surface area contributed by atoms with Crippen LogP contribution in [0, 0.1) is 29.6 Å². The molecule has 0 spiro atoms. The van der Waals surface area contributed by atoms with Crippen molar-refractivity contribution in [2.75, 3.05) is 13.2 Å². The first-order chi connectivity index (χ1) is 35.4. The minimum atomic E-state index is -1.38. The van der Waals surface area contributed by atoms with Crippen LogP contribution >= 0.6 is 0 Å². The summed E-state index contributed by atoms with van der Waals surface area (Å²) in [4.78, 5) is 55.2. The van der Waals surface area contributed by atoms with Gasteiger partial charge in [-0.3, -0.25) is 0 Å². The SMILES string of the molecule is CCC1O[C@H](OCc2ccccc2)C(O[C@H]2OC(COC(=O)c3ccccc3)[C@@H](C)[C@H](O[C@H]3OC(COC(=O)c4ccccc4)[C@@H](C)[C@H](C)C3OC(=O)c3ccccc3)C2OC(=O)c2ccccc2)[C@@H](C)[C@@H]1C. The van der Waals surface area contributed by atoms with Crippen LogP contribution in [0.2, 0.25) is 0 Å². The third kappa shape index (κ3) is 13.1. The average molecular weight is 999 g/mol. The number of rotatable bonds is 18. The van der Waals surface area contributed by atoms with E-state index in [4.69, 9.17) is 47.4 Å². The Morgan fingerprint density at radius 1 is 0.397 bits per heavy atom. The molecule has 0 saturated carbocycles. The van der Waals surface area contributed by atoms with Crippen LogP contribution in [0.3, 0.4) is 0 Å². The van der Waals surface area contributed by atoms with E-state index in [2.05, 4.69) is 20.8 Å². The Bertz CT molecular complexity index is 2530. The Labute approximate surface area is 427 Å². The summed E-state index contributed by atoms with van der Waals surface area (Å²) < 4.78 is 65.8. The van der Waals surface area contributed by atoms with Crippen molar-refractivity contribution in [2.24, 2.45) is 29.6 Å². The summed E-state index contributed by atoms with van der Waals surface area (Å²) in [7, 11) is 0. The predicted molar refractivity (Wildman–Crippen MR) is 268 cm³/mol. The van der Waals surface area contributed by atoms with E-state index in [1.165, 1.54) is 0 Å². The average Bonchev–Trinajstić information content (AvgIpc) is 3.43. The smallest absolute Gasteiger partial charge is 0.338 e. The first kappa shape index (κ1) is 53.0. The van der Waals surface area contributed by atoms with Gasteiger partial charge in [0.15, 0.2) is 31.1 Å². The Morgan fingerprint density at radius 3 is 1.25 bits per heavy atom. The Hall–Kier alpha value is -6.26. The molecule has 0 radical (unpaired) electrons. The van der Waals surface area contributed by atoms with Crippen LogP contribution in [-0.2, 0) is 54.0 Å². The van der Waals surface area contributed by atoms with E-state index < -0.39 is 91.2 Å². The normalized spacial score (nSPS) is 30.1. The zero-order valence-electron chi connectivity index (χ0n) is 42.1. The van der Waals surface area contributed by atoms with E-state index in [9.17, 15) is 19.2 Å². The lowest BCUT2D eigenvalue weighted by atomic mass is 9.82. The van der Waals surface area contributed by atoms with Crippen LogP contribution < -0.4 is 0 Å². The maximum atomic E-state index is 14.4. The molecule has 0 bridgehead atoms. The number of hydrogen-bond acceptors (Lipinski definition) is 14. The molecule has 6 unspecified atom stereocenters. The van der Waals surface area contributed by atoms with Gasteiger partial charge in [0.2, 0.25) is 0 Å². The first-order valence-electron chi connectivity index (χ1n) is 25.3. The van der Waals surface area contributed by atoms with Crippen LogP contribution in [0.1, 0.15) is 95.0 Å². The standard InChI is InChI=1S/C59H66O14/c1-7-46-36(2)38(4)50(57(67-46)66-33-41-23-13-8-14-24-41)73-59-52(71-56(63)45-31-21-12-22-32-45)49(40(6)48(69-59)35-65-54(61)43-27-17-10-18-28-43)72-58-51(70-55(62)44-29-19-11-20-30-44)39(5)37(3)47(68-58)34-64-53(60)42-25-15-9-16-26-42/h8-32,36-40,46-52,57-59H,7,33-35H2,1-6H3/t36-,37-,38-,39-,40+,46?,47?,48?,49-,50?,51?,52?,57-,58+,59+/m0/s1. The Kier molecular flexibility index (Phi) is 18.3. The molecular formula is C59H66O14. The third-order valence-corrected chi connectivity index (χ3v) is 14.6. The number of benzene rings is 5. The molecule has 3 fully saturated rings. The van der Waals surface area contributed by atoms with Gasteiger partial charge < -0.3 is 47.4 Å². The molecule has 15 atom stereocenters. The fourth-order valence-electron chi connectivity index (χ4n) is 9.66. The van der Waals surface area contributed by atoms with Crippen LogP contribution in [0.5, 0.6) is 0 Å². The maximum absolute atomic E-state index is 14.4. The quantitative estimate of drug-likeness (QED) is 0.0603. The molecule has 0 aromatic heterocycles. The molecule has 14 nitrogen and oxygen atoms in total. The molecule has 14 heteroatoms. The van der Waals surface area contributed by atoms with Gasteiger partial charge in [-0.25, -0.2) is 19.2 Å². The summed E-state index contributed by atoms with van der Waals surface area (Å²) in [5, 5.41) is 0. The van der Waals surface area contributed by atoms with Crippen molar-refractivity contribution in [3.05, 3.63) is 179 Å². The monoisotopic (exact) mass is 998 g/mol. The second-order valence-corrected chi connectivity index (χ2v) is 19.2. The molecule has 3 aliphatic rings. The number of esters is 4. The molecule has 8 rings (SSSR count). The van der Waals surface area contributed by atoms with Gasteiger partial charge in [0.05, 0.1) is 41.1 Å². The molecule has 3 saturated heterocycles. The van der Waals surface area contributed by atoms with Gasteiger partial charge >= 0.3 is 23.9 Å². The topological polar surface area (TPSA) is 161 Å². The summed E-state index contributed by atoms with van der Waals surface area (Å²) in [6.45, 7) is 11.7. The number of carbonyl (C=O) groups excluding carboxylic acids is 4. The lowest BCUT2D eigenvalue weighted by molar-refractivity contribution is -0.370. The van der Waals surface area contributed by atoms with E-state index in [0.29, 0.717) is 16.7 Å². The molecule has 5 aromatic rings. The third-order valence-electron chi connectivity index (χ3n) is 14.6. The first-order valence-corrected chi connectivity index (χ1v) is 25.3. The van der Waals surface area contributed by atoms with E-state index >= 15 is 0 Å². The second kappa shape index (κ2) is 25.1. The maximum Gasteiger partial charge on any atom is 0.338 e. The van der Waals surface area contributed by atoms with Crippen LogP contribution in [-0.4, -0.2) is 98.7 Å². The number of carbonyl (C=O) groups is 4. The lowest BCUT2D eigenvalue weighted by Gasteiger charge is -2.50. The van der Waals surface area contributed by atoms with Crippen LogP contribution in [0.25, 0.3) is 0 Å². The van der Waals surface area contributed by atoms with Gasteiger partial charge in [0.1, 0.15) is 31.5 Å². The highest BCUT2D eigenvalue weighted by Gasteiger charge is 2.55. The minimum Gasteiger partial charge on any atom is -0.459 e. The fraction of sp³-hybridized carbons (Fsp3) is 0.424. The van der Waals surface area contributed by atoms with E-state index in [1.807, 2.05) is 57.2 Å². The molecule has 3 heterocycles. The number of ether oxygens (including phenoxy) is 10. The molecule has 3 aliphatic heterocycles. The van der Waals surface area contributed by atoms with Gasteiger partial charge in [0.25, 0.3) is 0 Å². The fourth-order valence-corrected chi connectivity index (χ4v) is 9.66. The molecule has 0 amide bonds. The van der Waals surface area contributed by atoms with Crippen molar-refractivity contribution in [2.45, 2.75) is 116 Å². The molecular weight excluding hydrogens is 933 g/mol. The minimum absolute atomic E-state index is 0.00109. The molecule has 73 heavy (non-hydrogen) atoms. The van der Waals surface area contributed by atoms with Crippen molar-refractivity contribution in [1.82, 2.24) is 0 Å². The van der Waals surface area contributed by atoms with E-state index in [1.54, 1.807) is 115 Å². The molecule has 0 N–H and O–H groups in total. The Balaban J connectivity index is 1.17. The van der Waals surface area contributed by atoms with Crippen molar-refractivity contribution in [3.63, 3.8) is 0 Å². The molecule has 5 aromatic carbocycles. The van der Waals surface area contributed by atoms with Crippen molar-refractivity contribution in [1.29, 1.82) is 0 Å². The molecule has 386 valence electrons. The summed E-state index contributed by atoms with van der Waals surface area (Å²) in [5.74, 6) is -4.06. The summed E-state index contributed by atoms with van der Waals surface area (Å²) in [6.07, 6.45) is -8.99. The largest absolute Gasteiger partial charge is 0.459 e. The van der Waals surface area contributed by atoms with Gasteiger partial charge in [-0.05, 0) is 78.3 Å². The van der Waals surface area contributed by atoms with E-state index in [-0.39, 0.29) is 49.2 Å². The Morgan fingerprint density at radius 2 is 0.767 bits per heavy atom. The van der Waals surface area contributed by atoms with Crippen molar-refractivity contribution < 1.29 is 66.5 Å². The molecule has 0 aliphatic carbocycles. The highest BCUT2D eigenvalue weighted by molar-refractivity contribution is 5.91. The van der Waals surface area contributed by atoms with Gasteiger partial charge in [0, 0.05) is 11.8 Å². The number of hydrogen-bond donors (Lipinski definition) is 0. The van der Waals surface area contributed by atoms with Gasteiger partial charge in [-0.1, -0.05) is 145 Å².